The van der Waals surface area contributed by atoms with E-state index in [1.54, 1.807) is 24.3 Å². The molecule has 1 aromatic carbocycles. The zero-order chi connectivity index (χ0) is 15.0. The summed E-state index contributed by atoms with van der Waals surface area (Å²) in [6, 6.07) is 10.2. The number of hydrogen-bond donors (Lipinski definition) is 1. The quantitative estimate of drug-likeness (QED) is 0.865. The van der Waals surface area contributed by atoms with Gasteiger partial charge in [-0.3, -0.25) is 0 Å². The van der Waals surface area contributed by atoms with Crippen LogP contribution in [0.15, 0.2) is 64.7 Å². The Morgan fingerprint density at radius 2 is 1.71 bits per heavy atom. The molecule has 0 spiro atoms. The van der Waals surface area contributed by atoms with E-state index < -0.39 is 9.84 Å². The average Bonchev–Trinajstić information content (AvgIpc) is 2.67. The normalized spacial score (nSPS) is 16.4. The molecule has 5 heteroatoms. The molecule has 1 N–H and O–H groups in total. The Balaban J connectivity index is 2.04. The topological polar surface area (TPSA) is 58.2 Å². The molecule has 0 amide bonds. The van der Waals surface area contributed by atoms with Gasteiger partial charge in [0.2, 0.25) is 9.84 Å². The van der Waals surface area contributed by atoms with Gasteiger partial charge in [0, 0.05) is 17.7 Å². The number of aromatic nitrogens is 1. The third-order valence-corrected chi connectivity index (χ3v) is 5.23. The maximum atomic E-state index is 12.4. The lowest BCUT2D eigenvalue weighted by molar-refractivity contribution is -0.671. The van der Waals surface area contributed by atoms with E-state index in [1.807, 2.05) is 36.1 Å². The van der Waals surface area contributed by atoms with Crippen LogP contribution in [0.3, 0.4) is 0 Å². The second-order valence-electron chi connectivity index (χ2n) is 4.84. The Morgan fingerprint density at radius 1 is 1.05 bits per heavy atom. The van der Waals surface area contributed by atoms with Crippen molar-refractivity contribution in [3.8, 4) is 0 Å². The number of aliphatic hydroxyl groups is 1. The van der Waals surface area contributed by atoms with E-state index in [0.29, 0.717) is 5.56 Å². The molecule has 0 saturated carbocycles. The summed E-state index contributed by atoms with van der Waals surface area (Å²) in [5, 5.41) is 10.1. The first-order valence-corrected chi connectivity index (χ1v) is 7.89. The summed E-state index contributed by atoms with van der Waals surface area (Å²) in [5.41, 5.74) is 1.22. The molecule has 0 aliphatic carbocycles. The van der Waals surface area contributed by atoms with Crippen LogP contribution in [-0.2, 0) is 16.9 Å². The van der Waals surface area contributed by atoms with E-state index in [1.165, 1.54) is 12.1 Å². The number of allylic oxidation sites excluding steroid dienone is 1. The van der Waals surface area contributed by atoms with Crippen molar-refractivity contribution in [3.63, 3.8) is 0 Å². The Hall–Kier alpha value is -2.40. The van der Waals surface area contributed by atoms with Crippen LogP contribution in [0.25, 0.3) is 11.8 Å². The number of benzene rings is 1. The standard InChI is InChI=1S/C16H13NO3S/c1-17-10-8-12(9-11-17)6-7-15-16(18)13-4-2-3-5-14(13)21(15,19)20/h2-11H,1H3/p+1. The van der Waals surface area contributed by atoms with Crippen LogP contribution in [0, 0.1) is 0 Å². The molecular weight excluding hydrogens is 286 g/mol. The number of hydrogen-bond acceptors (Lipinski definition) is 3. The van der Waals surface area contributed by atoms with E-state index in [2.05, 4.69) is 0 Å². The van der Waals surface area contributed by atoms with Crippen molar-refractivity contribution in [3.05, 3.63) is 70.9 Å². The van der Waals surface area contributed by atoms with Gasteiger partial charge in [0.05, 0.1) is 4.90 Å². The van der Waals surface area contributed by atoms with Crippen LogP contribution in [0.2, 0.25) is 0 Å². The Kier molecular flexibility index (Phi) is 3.14. The maximum Gasteiger partial charge on any atom is 0.210 e. The summed E-state index contributed by atoms with van der Waals surface area (Å²) in [6.45, 7) is 0. The van der Waals surface area contributed by atoms with E-state index >= 15 is 0 Å². The van der Waals surface area contributed by atoms with Gasteiger partial charge in [0.25, 0.3) is 0 Å². The van der Waals surface area contributed by atoms with Crippen molar-refractivity contribution in [2.24, 2.45) is 7.05 Å². The zero-order valence-electron chi connectivity index (χ0n) is 11.4. The lowest BCUT2D eigenvalue weighted by atomic mass is 10.1. The summed E-state index contributed by atoms with van der Waals surface area (Å²) in [6.07, 6.45) is 6.85. The number of aliphatic hydroxyl groups excluding tert-OH is 1. The molecule has 1 aliphatic heterocycles. The first kappa shape index (κ1) is 13.6. The predicted octanol–water partition coefficient (Wildman–Crippen LogP) is 2.24. The zero-order valence-corrected chi connectivity index (χ0v) is 12.2. The van der Waals surface area contributed by atoms with Gasteiger partial charge in [-0.2, -0.15) is 0 Å². The van der Waals surface area contributed by atoms with Gasteiger partial charge in [0.1, 0.15) is 17.7 Å². The van der Waals surface area contributed by atoms with Crippen LogP contribution in [0.1, 0.15) is 11.1 Å². The summed E-state index contributed by atoms with van der Waals surface area (Å²) in [4.78, 5) is 0.0959. The fraction of sp³-hybridized carbons (Fsp3) is 0.0625. The highest BCUT2D eigenvalue weighted by Crippen LogP contribution is 2.38. The number of rotatable bonds is 2. The third kappa shape index (κ3) is 2.25. The third-order valence-electron chi connectivity index (χ3n) is 3.39. The van der Waals surface area contributed by atoms with Crippen molar-refractivity contribution in [2.75, 3.05) is 0 Å². The van der Waals surface area contributed by atoms with Gasteiger partial charge in [-0.1, -0.05) is 18.2 Å². The number of sulfone groups is 1. The molecule has 2 heterocycles. The van der Waals surface area contributed by atoms with Crippen molar-refractivity contribution in [1.29, 1.82) is 0 Å². The number of aryl methyl sites for hydroxylation is 1. The first-order valence-electron chi connectivity index (χ1n) is 6.41. The Labute approximate surface area is 123 Å². The summed E-state index contributed by atoms with van der Waals surface area (Å²) < 4.78 is 26.7. The summed E-state index contributed by atoms with van der Waals surface area (Å²) >= 11 is 0. The molecular formula is C16H14NO3S+. The van der Waals surface area contributed by atoms with Crippen LogP contribution in [-0.4, -0.2) is 13.5 Å². The monoisotopic (exact) mass is 300 g/mol. The number of pyridine rings is 1. The highest BCUT2D eigenvalue weighted by Gasteiger charge is 2.33. The van der Waals surface area contributed by atoms with Gasteiger partial charge >= 0.3 is 0 Å². The van der Waals surface area contributed by atoms with Gasteiger partial charge in [-0.25, -0.2) is 13.0 Å². The number of nitrogens with zero attached hydrogens (tertiary/aromatic N) is 1. The molecule has 4 nitrogen and oxygen atoms in total. The second-order valence-corrected chi connectivity index (χ2v) is 6.73. The van der Waals surface area contributed by atoms with Gasteiger partial charge in [-0.05, 0) is 23.8 Å². The molecule has 0 radical (unpaired) electrons. The van der Waals surface area contributed by atoms with Gasteiger partial charge < -0.3 is 5.11 Å². The molecule has 0 bridgehead atoms. The predicted molar refractivity (Wildman–Crippen MR) is 79.8 cm³/mol. The minimum Gasteiger partial charge on any atom is -0.506 e. The smallest absolute Gasteiger partial charge is 0.210 e. The molecule has 0 saturated heterocycles. The van der Waals surface area contributed by atoms with Crippen LogP contribution in [0.4, 0.5) is 0 Å². The summed E-state index contributed by atoms with van der Waals surface area (Å²) in [7, 11) is -1.73. The van der Waals surface area contributed by atoms with E-state index in [-0.39, 0.29) is 15.6 Å². The Bertz CT molecular complexity index is 863. The van der Waals surface area contributed by atoms with Gasteiger partial charge in [0.15, 0.2) is 12.4 Å². The lowest BCUT2D eigenvalue weighted by Gasteiger charge is -1.98. The van der Waals surface area contributed by atoms with E-state index in [9.17, 15) is 13.5 Å². The minimum absolute atomic E-state index is 0.0584. The van der Waals surface area contributed by atoms with Crippen LogP contribution in [0.5, 0.6) is 0 Å². The second kappa shape index (κ2) is 4.86. The fourth-order valence-electron chi connectivity index (χ4n) is 2.24. The molecule has 1 aliphatic rings. The summed E-state index contributed by atoms with van der Waals surface area (Å²) in [5.74, 6) is -0.191. The molecule has 0 unspecified atom stereocenters. The van der Waals surface area contributed by atoms with Crippen molar-refractivity contribution in [1.82, 2.24) is 0 Å². The molecule has 2 aromatic rings. The first-order chi connectivity index (χ1) is 10.00. The minimum atomic E-state index is -3.64. The molecule has 0 atom stereocenters. The molecule has 1 aromatic heterocycles. The molecule has 0 fully saturated rings. The van der Waals surface area contributed by atoms with Crippen LogP contribution < -0.4 is 4.57 Å². The maximum absolute atomic E-state index is 12.4. The fourth-order valence-corrected chi connectivity index (χ4v) is 3.80. The molecule has 106 valence electrons. The molecule has 3 rings (SSSR count). The van der Waals surface area contributed by atoms with Crippen molar-refractivity contribution in [2.45, 2.75) is 4.90 Å². The molecule has 21 heavy (non-hydrogen) atoms. The average molecular weight is 300 g/mol. The highest BCUT2D eigenvalue weighted by molar-refractivity contribution is 7.96. The van der Waals surface area contributed by atoms with E-state index in [0.717, 1.165) is 5.56 Å². The van der Waals surface area contributed by atoms with Crippen molar-refractivity contribution < 1.29 is 18.1 Å². The van der Waals surface area contributed by atoms with Crippen LogP contribution >= 0.6 is 0 Å². The van der Waals surface area contributed by atoms with Gasteiger partial charge in [-0.15, -0.1) is 0 Å². The van der Waals surface area contributed by atoms with Crippen molar-refractivity contribution >= 4 is 21.7 Å². The lowest BCUT2D eigenvalue weighted by Crippen LogP contribution is -2.25. The Morgan fingerprint density at radius 3 is 2.38 bits per heavy atom. The SMILES string of the molecule is C[n+]1ccc(/C=C/C2=C(O)c3ccccc3S2(=O)=O)cc1. The number of fused-ring (bicyclic) bond motifs is 1. The largest absolute Gasteiger partial charge is 0.506 e. The van der Waals surface area contributed by atoms with E-state index in [4.69, 9.17) is 0 Å². The highest BCUT2D eigenvalue weighted by atomic mass is 32.2.